The summed E-state index contributed by atoms with van der Waals surface area (Å²) in [6.45, 7) is 6.73. The van der Waals surface area contributed by atoms with Gasteiger partial charge in [-0.25, -0.2) is 0 Å². The van der Waals surface area contributed by atoms with Crippen LogP contribution < -0.4 is 0 Å². The van der Waals surface area contributed by atoms with Gasteiger partial charge in [0.15, 0.2) is 0 Å². The molecule has 0 aliphatic carbocycles. The summed E-state index contributed by atoms with van der Waals surface area (Å²) in [6.07, 6.45) is -0.966. The number of hydrogen-bond acceptors (Lipinski definition) is 4. The fourth-order valence-corrected chi connectivity index (χ4v) is 0.940. The highest BCUT2D eigenvalue weighted by atomic mass is 16.6. The smallest absolute Gasteiger partial charge is 0.313 e. The van der Waals surface area contributed by atoms with E-state index in [2.05, 4.69) is 0 Å². The first-order valence-electron chi connectivity index (χ1n) is 4.62. The number of carbonyl (C=O) groups excluding carboxylic acids is 2. The summed E-state index contributed by atoms with van der Waals surface area (Å²) in [5.41, 5.74) is -0.567. The van der Waals surface area contributed by atoms with E-state index in [-0.39, 0.29) is 18.6 Å². The van der Waals surface area contributed by atoms with Crippen molar-refractivity contribution >= 4 is 11.8 Å². The van der Waals surface area contributed by atoms with E-state index >= 15 is 0 Å². The standard InChI is InChI=1S/C10H18O4/c1-7(11)5-8(12)6-9(13)14-10(2,3)4/h7,11H,5-6H2,1-4H3/t7-/m0/s1. The van der Waals surface area contributed by atoms with Crippen molar-refractivity contribution in [2.45, 2.75) is 52.2 Å². The van der Waals surface area contributed by atoms with Gasteiger partial charge in [-0.1, -0.05) is 0 Å². The first-order chi connectivity index (χ1) is 6.20. The molecule has 0 aliphatic heterocycles. The second-order valence-electron chi connectivity index (χ2n) is 4.36. The molecular weight excluding hydrogens is 184 g/mol. The first kappa shape index (κ1) is 13.1. The Kier molecular flexibility index (Phi) is 4.77. The molecule has 0 fully saturated rings. The van der Waals surface area contributed by atoms with E-state index in [1.165, 1.54) is 6.92 Å². The Morgan fingerprint density at radius 2 is 1.86 bits per heavy atom. The third-order valence-electron chi connectivity index (χ3n) is 1.28. The Bertz CT molecular complexity index is 213. The van der Waals surface area contributed by atoms with Crippen molar-refractivity contribution in [2.24, 2.45) is 0 Å². The number of ketones is 1. The maximum atomic E-state index is 11.1. The fourth-order valence-electron chi connectivity index (χ4n) is 0.940. The molecule has 0 unspecified atom stereocenters. The van der Waals surface area contributed by atoms with Gasteiger partial charge in [0.25, 0.3) is 0 Å². The van der Waals surface area contributed by atoms with E-state index in [1.54, 1.807) is 20.8 Å². The molecule has 1 atom stereocenters. The highest BCUT2D eigenvalue weighted by Crippen LogP contribution is 2.09. The van der Waals surface area contributed by atoms with Crippen LogP contribution in [-0.2, 0) is 14.3 Å². The summed E-state index contributed by atoms with van der Waals surface area (Å²) < 4.78 is 4.95. The normalized spacial score (nSPS) is 13.5. The van der Waals surface area contributed by atoms with Crippen LogP contribution >= 0.6 is 0 Å². The molecule has 82 valence electrons. The van der Waals surface area contributed by atoms with Gasteiger partial charge in [0.05, 0.1) is 6.10 Å². The number of aliphatic hydroxyl groups excluding tert-OH is 1. The van der Waals surface area contributed by atoms with Gasteiger partial charge in [0, 0.05) is 6.42 Å². The molecule has 4 heteroatoms. The zero-order valence-electron chi connectivity index (χ0n) is 9.16. The number of Topliss-reactive ketones (excluding diaryl/α,β-unsaturated/α-hetero) is 1. The Balaban J connectivity index is 3.90. The van der Waals surface area contributed by atoms with Crippen molar-refractivity contribution in [3.05, 3.63) is 0 Å². The number of aliphatic hydroxyl groups is 1. The lowest BCUT2D eigenvalue weighted by molar-refractivity contribution is -0.156. The summed E-state index contributed by atoms with van der Waals surface area (Å²) in [5, 5.41) is 8.90. The lowest BCUT2D eigenvalue weighted by Gasteiger charge is -2.19. The Labute approximate surface area is 84.3 Å². The lowest BCUT2D eigenvalue weighted by Crippen LogP contribution is -2.26. The molecule has 0 aromatic rings. The van der Waals surface area contributed by atoms with Gasteiger partial charge in [-0.15, -0.1) is 0 Å². The van der Waals surface area contributed by atoms with Gasteiger partial charge in [-0.2, -0.15) is 0 Å². The molecular formula is C10H18O4. The Morgan fingerprint density at radius 3 is 2.21 bits per heavy atom. The summed E-state index contributed by atoms with van der Waals surface area (Å²) in [5.74, 6) is -0.836. The second-order valence-corrected chi connectivity index (χ2v) is 4.36. The van der Waals surface area contributed by atoms with E-state index < -0.39 is 17.7 Å². The average Bonchev–Trinajstić information content (AvgIpc) is 1.77. The van der Waals surface area contributed by atoms with Gasteiger partial charge in [0.2, 0.25) is 0 Å². The molecule has 0 aliphatic rings. The lowest BCUT2D eigenvalue weighted by atomic mass is 10.1. The van der Waals surface area contributed by atoms with Crippen LogP contribution in [0, 0.1) is 0 Å². The third kappa shape index (κ3) is 7.73. The zero-order valence-corrected chi connectivity index (χ0v) is 9.16. The van der Waals surface area contributed by atoms with Crippen LogP contribution in [0.5, 0.6) is 0 Å². The second kappa shape index (κ2) is 5.10. The van der Waals surface area contributed by atoms with Crippen LogP contribution in [0.4, 0.5) is 0 Å². The SMILES string of the molecule is C[C@H](O)CC(=O)CC(=O)OC(C)(C)C. The minimum atomic E-state index is -0.704. The maximum Gasteiger partial charge on any atom is 0.313 e. The molecule has 0 aromatic carbocycles. The molecule has 0 bridgehead atoms. The topological polar surface area (TPSA) is 63.6 Å². The molecule has 0 heterocycles. The number of carbonyl (C=O) groups is 2. The molecule has 0 spiro atoms. The molecule has 4 nitrogen and oxygen atoms in total. The minimum absolute atomic E-state index is 0.000751. The Hall–Kier alpha value is -0.900. The van der Waals surface area contributed by atoms with Crippen LogP contribution in [-0.4, -0.2) is 28.6 Å². The van der Waals surface area contributed by atoms with Gasteiger partial charge >= 0.3 is 5.97 Å². The van der Waals surface area contributed by atoms with E-state index in [0.717, 1.165) is 0 Å². The predicted molar refractivity (Wildman–Crippen MR) is 51.8 cm³/mol. The number of ether oxygens (including phenoxy) is 1. The van der Waals surface area contributed by atoms with Crippen molar-refractivity contribution in [3.63, 3.8) is 0 Å². The van der Waals surface area contributed by atoms with E-state index in [9.17, 15) is 9.59 Å². The monoisotopic (exact) mass is 202 g/mol. The van der Waals surface area contributed by atoms with E-state index in [4.69, 9.17) is 9.84 Å². The van der Waals surface area contributed by atoms with Gasteiger partial charge < -0.3 is 9.84 Å². The van der Waals surface area contributed by atoms with Crippen LogP contribution in [0.15, 0.2) is 0 Å². The number of hydrogen-bond donors (Lipinski definition) is 1. The van der Waals surface area contributed by atoms with Gasteiger partial charge in [-0.05, 0) is 27.7 Å². The highest BCUT2D eigenvalue weighted by Gasteiger charge is 2.19. The van der Waals surface area contributed by atoms with E-state index in [0.29, 0.717) is 0 Å². The zero-order chi connectivity index (χ0) is 11.4. The van der Waals surface area contributed by atoms with E-state index in [1.807, 2.05) is 0 Å². The van der Waals surface area contributed by atoms with Crippen molar-refractivity contribution in [3.8, 4) is 0 Å². The Morgan fingerprint density at radius 1 is 1.36 bits per heavy atom. The molecule has 0 aromatic heterocycles. The van der Waals surface area contributed by atoms with Crippen molar-refractivity contribution in [2.75, 3.05) is 0 Å². The number of rotatable bonds is 4. The first-order valence-corrected chi connectivity index (χ1v) is 4.62. The van der Waals surface area contributed by atoms with Crippen molar-refractivity contribution in [1.82, 2.24) is 0 Å². The molecule has 0 saturated heterocycles. The largest absolute Gasteiger partial charge is 0.460 e. The fraction of sp³-hybridized carbons (Fsp3) is 0.800. The molecule has 1 N–H and O–H groups in total. The van der Waals surface area contributed by atoms with Crippen molar-refractivity contribution < 1.29 is 19.4 Å². The quantitative estimate of drug-likeness (QED) is 0.547. The molecule has 0 amide bonds. The van der Waals surface area contributed by atoms with Crippen LogP contribution in [0.3, 0.4) is 0 Å². The summed E-state index contributed by atoms with van der Waals surface area (Å²) >= 11 is 0. The maximum absolute atomic E-state index is 11.1. The average molecular weight is 202 g/mol. The van der Waals surface area contributed by atoms with Gasteiger partial charge in [-0.3, -0.25) is 9.59 Å². The summed E-state index contributed by atoms with van der Waals surface area (Å²) in [6, 6.07) is 0. The molecule has 14 heavy (non-hydrogen) atoms. The predicted octanol–water partition coefficient (Wildman–Crippen LogP) is 1.06. The van der Waals surface area contributed by atoms with Crippen LogP contribution in [0.1, 0.15) is 40.5 Å². The number of esters is 1. The van der Waals surface area contributed by atoms with Crippen LogP contribution in [0.25, 0.3) is 0 Å². The highest BCUT2D eigenvalue weighted by molar-refractivity contribution is 5.95. The molecule has 0 saturated carbocycles. The van der Waals surface area contributed by atoms with Crippen LogP contribution in [0.2, 0.25) is 0 Å². The third-order valence-corrected chi connectivity index (χ3v) is 1.28. The molecule has 0 rings (SSSR count). The minimum Gasteiger partial charge on any atom is -0.460 e. The van der Waals surface area contributed by atoms with Gasteiger partial charge in [0.1, 0.15) is 17.8 Å². The van der Waals surface area contributed by atoms with Crippen molar-refractivity contribution in [1.29, 1.82) is 0 Å². The summed E-state index contributed by atoms with van der Waals surface area (Å²) in [7, 11) is 0. The molecule has 0 radical (unpaired) electrons. The summed E-state index contributed by atoms with van der Waals surface area (Å²) in [4.78, 5) is 22.2.